The molecule has 1 heterocycles. The Morgan fingerprint density at radius 1 is 1.29 bits per heavy atom. The predicted molar refractivity (Wildman–Crippen MR) is 64.1 cm³/mol. The standard InChI is InChI=1S/C13H13FN2O/c1-9-2-3-11(14)12(6-9)17-8-10-4-5-16-13(15)7-10/h2-7H,8H2,1H3,(H2,15,16). The van der Waals surface area contributed by atoms with Crippen molar-refractivity contribution in [1.82, 2.24) is 4.98 Å². The van der Waals surface area contributed by atoms with Gasteiger partial charge in [0.15, 0.2) is 11.6 Å². The normalized spacial score (nSPS) is 10.2. The third-order valence-electron chi connectivity index (χ3n) is 2.33. The maximum atomic E-state index is 13.4. The summed E-state index contributed by atoms with van der Waals surface area (Å²) >= 11 is 0. The molecule has 0 aliphatic carbocycles. The number of hydrogen-bond donors (Lipinski definition) is 1. The Bertz CT molecular complexity index is 529. The lowest BCUT2D eigenvalue weighted by Crippen LogP contribution is -1.99. The van der Waals surface area contributed by atoms with Crippen LogP contribution >= 0.6 is 0 Å². The number of nitrogens with zero attached hydrogens (tertiary/aromatic N) is 1. The van der Waals surface area contributed by atoms with Gasteiger partial charge in [-0.1, -0.05) is 6.07 Å². The Morgan fingerprint density at radius 2 is 2.12 bits per heavy atom. The van der Waals surface area contributed by atoms with Crippen LogP contribution in [0.15, 0.2) is 36.5 Å². The first-order valence-electron chi connectivity index (χ1n) is 5.24. The molecule has 1 aromatic heterocycles. The molecule has 1 aromatic carbocycles. The topological polar surface area (TPSA) is 48.1 Å². The molecule has 0 spiro atoms. The molecule has 0 radical (unpaired) electrons. The summed E-state index contributed by atoms with van der Waals surface area (Å²) in [5.41, 5.74) is 7.35. The number of pyridine rings is 1. The number of rotatable bonds is 3. The van der Waals surface area contributed by atoms with Crippen molar-refractivity contribution in [2.75, 3.05) is 5.73 Å². The van der Waals surface area contributed by atoms with E-state index in [1.165, 1.54) is 6.07 Å². The second kappa shape index (κ2) is 4.82. The molecule has 2 N–H and O–H groups in total. The first-order chi connectivity index (χ1) is 8.15. The summed E-state index contributed by atoms with van der Waals surface area (Å²) in [5.74, 6) is 0.314. The van der Waals surface area contributed by atoms with Crippen molar-refractivity contribution in [2.45, 2.75) is 13.5 Å². The Kier molecular flexibility index (Phi) is 3.23. The van der Waals surface area contributed by atoms with E-state index in [1.807, 2.05) is 6.92 Å². The van der Waals surface area contributed by atoms with Gasteiger partial charge in [0.1, 0.15) is 12.4 Å². The summed E-state index contributed by atoms with van der Waals surface area (Å²) in [6, 6.07) is 8.25. The van der Waals surface area contributed by atoms with Crippen LogP contribution in [0.3, 0.4) is 0 Å². The van der Waals surface area contributed by atoms with Gasteiger partial charge in [0.25, 0.3) is 0 Å². The van der Waals surface area contributed by atoms with Crippen molar-refractivity contribution in [3.63, 3.8) is 0 Å². The molecule has 2 aromatic rings. The van der Waals surface area contributed by atoms with E-state index in [0.29, 0.717) is 5.82 Å². The molecular formula is C13H13FN2O. The largest absolute Gasteiger partial charge is 0.486 e. The fourth-order valence-corrected chi connectivity index (χ4v) is 1.47. The SMILES string of the molecule is Cc1ccc(F)c(OCc2ccnc(N)c2)c1. The zero-order chi connectivity index (χ0) is 12.3. The first kappa shape index (κ1) is 11.4. The zero-order valence-corrected chi connectivity index (χ0v) is 9.48. The molecule has 0 unspecified atom stereocenters. The van der Waals surface area contributed by atoms with Crippen LogP contribution < -0.4 is 10.5 Å². The average Bonchev–Trinajstić information content (AvgIpc) is 2.30. The van der Waals surface area contributed by atoms with E-state index >= 15 is 0 Å². The Balaban J connectivity index is 2.09. The minimum absolute atomic E-state index is 0.250. The van der Waals surface area contributed by atoms with Gasteiger partial charge in [-0.2, -0.15) is 0 Å². The minimum atomic E-state index is -0.363. The van der Waals surface area contributed by atoms with E-state index < -0.39 is 0 Å². The van der Waals surface area contributed by atoms with Crippen LogP contribution in [0.4, 0.5) is 10.2 Å². The van der Waals surface area contributed by atoms with Crippen molar-refractivity contribution >= 4 is 5.82 Å². The lowest BCUT2D eigenvalue weighted by Gasteiger charge is -2.08. The molecule has 4 heteroatoms. The number of benzene rings is 1. The molecule has 0 atom stereocenters. The van der Waals surface area contributed by atoms with Gasteiger partial charge in [-0.15, -0.1) is 0 Å². The number of aromatic nitrogens is 1. The van der Waals surface area contributed by atoms with Crippen LogP contribution in [0.25, 0.3) is 0 Å². The van der Waals surface area contributed by atoms with E-state index in [-0.39, 0.29) is 18.2 Å². The molecular weight excluding hydrogens is 219 g/mol. The first-order valence-corrected chi connectivity index (χ1v) is 5.24. The molecule has 0 bridgehead atoms. The van der Waals surface area contributed by atoms with Crippen molar-refractivity contribution in [1.29, 1.82) is 0 Å². The van der Waals surface area contributed by atoms with Gasteiger partial charge in [-0.05, 0) is 42.3 Å². The second-order valence-electron chi connectivity index (χ2n) is 3.81. The van der Waals surface area contributed by atoms with Gasteiger partial charge in [-0.3, -0.25) is 0 Å². The molecule has 0 saturated carbocycles. The maximum absolute atomic E-state index is 13.4. The van der Waals surface area contributed by atoms with E-state index in [0.717, 1.165) is 11.1 Å². The summed E-state index contributed by atoms with van der Waals surface area (Å²) in [7, 11) is 0. The number of hydrogen-bond acceptors (Lipinski definition) is 3. The lowest BCUT2D eigenvalue weighted by atomic mass is 10.2. The third-order valence-corrected chi connectivity index (χ3v) is 2.33. The molecule has 0 fully saturated rings. The molecule has 0 saturated heterocycles. The molecule has 0 aliphatic rings. The van der Waals surface area contributed by atoms with Crippen molar-refractivity contribution in [3.05, 3.63) is 53.5 Å². The van der Waals surface area contributed by atoms with E-state index in [1.54, 1.807) is 30.5 Å². The number of anilines is 1. The lowest BCUT2D eigenvalue weighted by molar-refractivity contribution is 0.290. The van der Waals surface area contributed by atoms with Crippen LogP contribution in [0.1, 0.15) is 11.1 Å². The summed E-state index contributed by atoms with van der Waals surface area (Å²) < 4.78 is 18.8. The Labute approximate surface area is 99.1 Å². The fraction of sp³-hybridized carbons (Fsp3) is 0.154. The minimum Gasteiger partial charge on any atom is -0.486 e. The van der Waals surface area contributed by atoms with Gasteiger partial charge < -0.3 is 10.5 Å². The average molecular weight is 232 g/mol. The van der Waals surface area contributed by atoms with Crippen LogP contribution in [-0.4, -0.2) is 4.98 Å². The highest BCUT2D eigenvalue weighted by Gasteiger charge is 2.03. The molecule has 3 nitrogen and oxygen atoms in total. The van der Waals surface area contributed by atoms with Crippen LogP contribution in [0.2, 0.25) is 0 Å². The quantitative estimate of drug-likeness (QED) is 0.885. The molecule has 0 aliphatic heterocycles. The zero-order valence-electron chi connectivity index (χ0n) is 9.48. The predicted octanol–water partition coefficient (Wildman–Crippen LogP) is 2.69. The fourth-order valence-electron chi connectivity index (χ4n) is 1.47. The Hall–Kier alpha value is -2.10. The van der Waals surface area contributed by atoms with Crippen molar-refractivity contribution in [2.24, 2.45) is 0 Å². The van der Waals surface area contributed by atoms with Crippen LogP contribution in [-0.2, 0) is 6.61 Å². The van der Waals surface area contributed by atoms with Gasteiger partial charge in [0, 0.05) is 6.20 Å². The molecule has 2 rings (SSSR count). The number of nitrogens with two attached hydrogens (primary N) is 1. The smallest absolute Gasteiger partial charge is 0.165 e. The van der Waals surface area contributed by atoms with Gasteiger partial charge >= 0.3 is 0 Å². The highest BCUT2D eigenvalue weighted by molar-refractivity contribution is 5.33. The number of ether oxygens (including phenoxy) is 1. The van der Waals surface area contributed by atoms with Crippen LogP contribution in [0.5, 0.6) is 5.75 Å². The maximum Gasteiger partial charge on any atom is 0.165 e. The number of aryl methyl sites for hydroxylation is 1. The summed E-state index contributed by atoms with van der Waals surface area (Å²) in [4.78, 5) is 3.87. The van der Waals surface area contributed by atoms with Gasteiger partial charge in [0.2, 0.25) is 0 Å². The molecule has 17 heavy (non-hydrogen) atoms. The summed E-state index contributed by atoms with van der Waals surface area (Å²) in [6.07, 6.45) is 1.60. The second-order valence-corrected chi connectivity index (χ2v) is 3.81. The highest BCUT2D eigenvalue weighted by atomic mass is 19.1. The monoisotopic (exact) mass is 232 g/mol. The highest BCUT2D eigenvalue weighted by Crippen LogP contribution is 2.19. The summed E-state index contributed by atoms with van der Waals surface area (Å²) in [5, 5.41) is 0. The van der Waals surface area contributed by atoms with Crippen LogP contribution in [0, 0.1) is 12.7 Å². The van der Waals surface area contributed by atoms with Crippen molar-refractivity contribution in [3.8, 4) is 5.75 Å². The van der Waals surface area contributed by atoms with E-state index in [2.05, 4.69) is 4.98 Å². The van der Waals surface area contributed by atoms with Crippen molar-refractivity contribution < 1.29 is 9.13 Å². The van der Waals surface area contributed by atoms with Gasteiger partial charge in [0.05, 0.1) is 0 Å². The number of nitrogen functional groups attached to an aromatic ring is 1. The van der Waals surface area contributed by atoms with Gasteiger partial charge in [-0.25, -0.2) is 9.37 Å². The van der Waals surface area contributed by atoms with E-state index in [4.69, 9.17) is 10.5 Å². The third kappa shape index (κ3) is 2.93. The molecule has 88 valence electrons. The summed E-state index contributed by atoms with van der Waals surface area (Å²) in [6.45, 7) is 2.16. The molecule has 0 amide bonds. The Morgan fingerprint density at radius 3 is 2.88 bits per heavy atom. The number of halogens is 1. The van der Waals surface area contributed by atoms with E-state index in [9.17, 15) is 4.39 Å².